The third-order valence-corrected chi connectivity index (χ3v) is 2.73. The molecule has 3 heteroatoms. The zero-order valence-electron chi connectivity index (χ0n) is 10.1. The van der Waals surface area contributed by atoms with E-state index in [1.807, 2.05) is 6.07 Å². The molecular formula is C14H17N3. The van der Waals surface area contributed by atoms with Gasteiger partial charge in [-0.05, 0) is 24.6 Å². The van der Waals surface area contributed by atoms with Crippen molar-refractivity contribution in [2.45, 2.75) is 19.8 Å². The molecule has 0 aliphatic carbocycles. The van der Waals surface area contributed by atoms with Crippen molar-refractivity contribution < 1.29 is 0 Å². The van der Waals surface area contributed by atoms with Gasteiger partial charge in [0.2, 0.25) is 0 Å². The summed E-state index contributed by atoms with van der Waals surface area (Å²) >= 11 is 0. The molecule has 0 aliphatic heterocycles. The van der Waals surface area contributed by atoms with E-state index in [9.17, 15) is 0 Å². The number of nitrogens with zero attached hydrogens (tertiary/aromatic N) is 2. The number of hydrogen-bond donors (Lipinski definition) is 1. The fraction of sp³-hybridized carbons (Fsp3) is 0.286. The number of rotatable bonds is 4. The van der Waals surface area contributed by atoms with Crippen LogP contribution < -0.4 is 5.73 Å². The van der Waals surface area contributed by atoms with Gasteiger partial charge >= 0.3 is 0 Å². The standard InChI is InChI=1S/C14H17N3/c1-2-11-3-5-12(6-4-11)14-16-10-8-13(17-14)7-9-15/h3-6,8,10H,2,7,9,15H2,1H3. The van der Waals surface area contributed by atoms with Gasteiger partial charge in [0, 0.05) is 23.9 Å². The first-order valence-corrected chi connectivity index (χ1v) is 5.94. The second kappa shape index (κ2) is 5.55. The van der Waals surface area contributed by atoms with Crippen LogP contribution >= 0.6 is 0 Å². The van der Waals surface area contributed by atoms with Crippen LogP contribution in [-0.4, -0.2) is 16.5 Å². The summed E-state index contributed by atoms with van der Waals surface area (Å²) in [6.07, 6.45) is 3.64. The van der Waals surface area contributed by atoms with Crippen molar-refractivity contribution in [2.24, 2.45) is 5.73 Å². The van der Waals surface area contributed by atoms with Crippen LogP contribution in [0, 0.1) is 0 Å². The summed E-state index contributed by atoms with van der Waals surface area (Å²) in [4.78, 5) is 8.79. The average molecular weight is 227 g/mol. The van der Waals surface area contributed by atoms with E-state index >= 15 is 0 Å². The quantitative estimate of drug-likeness (QED) is 0.871. The summed E-state index contributed by atoms with van der Waals surface area (Å²) < 4.78 is 0. The average Bonchev–Trinajstić information content (AvgIpc) is 2.40. The van der Waals surface area contributed by atoms with E-state index in [1.165, 1.54) is 5.56 Å². The number of nitrogens with two attached hydrogens (primary N) is 1. The van der Waals surface area contributed by atoms with Gasteiger partial charge in [-0.2, -0.15) is 0 Å². The monoisotopic (exact) mass is 227 g/mol. The Balaban J connectivity index is 2.28. The van der Waals surface area contributed by atoms with Crippen LogP contribution in [0.15, 0.2) is 36.5 Å². The summed E-state index contributed by atoms with van der Waals surface area (Å²) in [7, 11) is 0. The van der Waals surface area contributed by atoms with Gasteiger partial charge in [-0.25, -0.2) is 9.97 Å². The van der Waals surface area contributed by atoms with Gasteiger partial charge in [-0.1, -0.05) is 31.2 Å². The summed E-state index contributed by atoms with van der Waals surface area (Å²) in [5, 5.41) is 0. The van der Waals surface area contributed by atoms with Crippen LogP contribution in [0.1, 0.15) is 18.2 Å². The van der Waals surface area contributed by atoms with Crippen LogP contribution in [0.2, 0.25) is 0 Å². The Hall–Kier alpha value is -1.74. The Kier molecular flexibility index (Phi) is 3.83. The van der Waals surface area contributed by atoms with Crippen LogP contribution in [0.3, 0.4) is 0 Å². The lowest BCUT2D eigenvalue weighted by Gasteiger charge is -2.03. The fourth-order valence-corrected chi connectivity index (χ4v) is 1.71. The minimum absolute atomic E-state index is 0.616. The smallest absolute Gasteiger partial charge is 0.159 e. The fourth-order valence-electron chi connectivity index (χ4n) is 1.71. The van der Waals surface area contributed by atoms with Crippen molar-refractivity contribution in [1.29, 1.82) is 0 Å². The predicted molar refractivity (Wildman–Crippen MR) is 69.6 cm³/mol. The first kappa shape index (κ1) is 11.7. The molecule has 2 rings (SSSR count). The van der Waals surface area contributed by atoms with Crippen LogP contribution in [0.5, 0.6) is 0 Å². The van der Waals surface area contributed by atoms with E-state index in [-0.39, 0.29) is 0 Å². The van der Waals surface area contributed by atoms with Crippen LogP contribution in [0.4, 0.5) is 0 Å². The maximum Gasteiger partial charge on any atom is 0.159 e. The highest BCUT2D eigenvalue weighted by Crippen LogP contribution is 2.15. The highest BCUT2D eigenvalue weighted by molar-refractivity contribution is 5.55. The molecule has 0 spiro atoms. The minimum Gasteiger partial charge on any atom is -0.330 e. The van der Waals surface area contributed by atoms with Crippen molar-refractivity contribution in [1.82, 2.24) is 9.97 Å². The molecule has 2 N–H and O–H groups in total. The number of aromatic nitrogens is 2. The third-order valence-electron chi connectivity index (χ3n) is 2.73. The molecule has 1 heterocycles. The molecule has 0 saturated carbocycles. The Morgan fingerprint density at radius 1 is 1.12 bits per heavy atom. The molecule has 0 bridgehead atoms. The highest BCUT2D eigenvalue weighted by atomic mass is 14.9. The highest BCUT2D eigenvalue weighted by Gasteiger charge is 2.02. The molecule has 0 atom stereocenters. The van der Waals surface area contributed by atoms with E-state index in [1.54, 1.807) is 6.20 Å². The molecule has 0 fully saturated rings. The second-order valence-corrected chi connectivity index (χ2v) is 3.96. The molecule has 2 aromatic rings. The third kappa shape index (κ3) is 2.88. The summed E-state index contributed by atoms with van der Waals surface area (Å²) in [6.45, 7) is 2.76. The lowest BCUT2D eigenvalue weighted by Crippen LogP contribution is -2.05. The van der Waals surface area contributed by atoms with E-state index in [2.05, 4.69) is 41.2 Å². The SMILES string of the molecule is CCc1ccc(-c2nccc(CCN)n2)cc1. The van der Waals surface area contributed by atoms with E-state index < -0.39 is 0 Å². The Morgan fingerprint density at radius 2 is 1.88 bits per heavy atom. The Bertz CT molecular complexity index is 477. The number of hydrogen-bond acceptors (Lipinski definition) is 3. The molecule has 3 nitrogen and oxygen atoms in total. The minimum atomic E-state index is 0.616. The molecule has 88 valence electrons. The molecule has 17 heavy (non-hydrogen) atoms. The molecule has 1 aromatic carbocycles. The van der Waals surface area contributed by atoms with E-state index in [0.29, 0.717) is 6.54 Å². The van der Waals surface area contributed by atoms with Gasteiger partial charge in [0.05, 0.1) is 0 Å². The van der Waals surface area contributed by atoms with Crippen molar-refractivity contribution in [3.05, 3.63) is 47.8 Å². The zero-order chi connectivity index (χ0) is 12.1. The van der Waals surface area contributed by atoms with E-state index in [0.717, 1.165) is 29.9 Å². The van der Waals surface area contributed by atoms with Gasteiger partial charge in [0.25, 0.3) is 0 Å². The molecule has 0 radical (unpaired) electrons. The van der Waals surface area contributed by atoms with Gasteiger partial charge < -0.3 is 5.73 Å². The second-order valence-electron chi connectivity index (χ2n) is 3.96. The summed E-state index contributed by atoms with van der Waals surface area (Å²) in [5.41, 5.74) is 8.91. The topological polar surface area (TPSA) is 51.8 Å². The maximum atomic E-state index is 5.53. The number of aryl methyl sites for hydroxylation is 1. The predicted octanol–water partition coefficient (Wildman–Crippen LogP) is 2.21. The lowest BCUT2D eigenvalue weighted by molar-refractivity contribution is 0.913. The molecular weight excluding hydrogens is 210 g/mol. The van der Waals surface area contributed by atoms with Crippen molar-refractivity contribution in [3.63, 3.8) is 0 Å². The van der Waals surface area contributed by atoms with Crippen molar-refractivity contribution >= 4 is 0 Å². The lowest BCUT2D eigenvalue weighted by atomic mass is 10.1. The van der Waals surface area contributed by atoms with E-state index in [4.69, 9.17) is 5.73 Å². The van der Waals surface area contributed by atoms with Gasteiger partial charge in [0.1, 0.15) is 0 Å². The number of benzene rings is 1. The molecule has 0 unspecified atom stereocenters. The van der Waals surface area contributed by atoms with Gasteiger partial charge in [-0.3, -0.25) is 0 Å². The van der Waals surface area contributed by atoms with Crippen LogP contribution in [0.25, 0.3) is 11.4 Å². The summed E-state index contributed by atoms with van der Waals surface area (Å²) in [5.74, 6) is 0.776. The normalized spacial score (nSPS) is 10.5. The molecule has 0 saturated heterocycles. The Labute approximate surface area is 102 Å². The first-order chi connectivity index (χ1) is 8.33. The zero-order valence-corrected chi connectivity index (χ0v) is 10.1. The molecule has 0 aliphatic rings. The largest absolute Gasteiger partial charge is 0.330 e. The van der Waals surface area contributed by atoms with Crippen molar-refractivity contribution in [3.8, 4) is 11.4 Å². The van der Waals surface area contributed by atoms with Crippen LogP contribution in [-0.2, 0) is 12.8 Å². The van der Waals surface area contributed by atoms with Crippen molar-refractivity contribution in [2.75, 3.05) is 6.54 Å². The Morgan fingerprint density at radius 3 is 2.53 bits per heavy atom. The van der Waals surface area contributed by atoms with Gasteiger partial charge in [0.15, 0.2) is 5.82 Å². The molecule has 1 aromatic heterocycles. The maximum absolute atomic E-state index is 5.53. The molecule has 0 amide bonds. The first-order valence-electron chi connectivity index (χ1n) is 5.94. The van der Waals surface area contributed by atoms with Gasteiger partial charge in [-0.15, -0.1) is 0 Å². The summed E-state index contributed by atoms with van der Waals surface area (Å²) in [6, 6.07) is 10.3.